The van der Waals surface area contributed by atoms with Gasteiger partial charge < -0.3 is 16.0 Å². The molecule has 0 aromatic heterocycles. The van der Waals surface area contributed by atoms with E-state index in [0.29, 0.717) is 19.6 Å². The van der Waals surface area contributed by atoms with Crippen molar-refractivity contribution in [2.75, 3.05) is 18.4 Å². The second-order valence-electron chi connectivity index (χ2n) is 4.86. The van der Waals surface area contributed by atoms with Crippen LogP contribution in [-0.2, 0) is 16.1 Å². The number of carbonyl (C=O) groups is 2. The quantitative estimate of drug-likeness (QED) is 0.829. The molecular weight excluding hydrogens is 254 g/mol. The summed E-state index contributed by atoms with van der Waals surface area (Å²) in [5, 5.41) is 2.83. The Morgan fingerprint density at radius 3 is 2.65 bits per heavy atom. The van der Waals surface area contributed by atoms with E-state index >= 15 is 0 Å². The molecular formula is C15H23N3O2. The van der Waals surface area contributed by atoms with E-state index in [1.165, 1.54) is 0 Å². The molecule has 0 spiro atoms. The topological polar surface area (TPSA) is 75.4 Å². The lowest BCUT2D eigenvalue weighted by molar-refractivity contribution is -0.129. The molecule has 1 unspecified atom stereocenters. The summed E-state index contributed by atoms with van der Waals surface area (Å²) in [6, 6.07) is 7.51. The molecule has 3 N–H and O–H groups in total. The van der Waals surface area contributed by atoms with E-state index in [2.05, 4.69) is 5.32 Å². The molecule has 5 nitrogen and oxygen atoms in total. The summed E-state index contributed by atoms with van der Waals surface area (Å²) in [6.45, 7) is 6.80. The van der Waals surface area contributed by atoms with Crippen molar-refractivity contribution in [1.29, 1.82) is 0 Å². The monoisotopic (exact) mass is 277 g/mol. The van der Waals surface area contributed by atoms with Gasteiger partial charge in [-0.05, 0) is 24.6 Å². The van der Waals surface area contributed by atoms with Crippen molar-refractivity contribution < 1.29 is 9.59 Å². The average molecular weight is 277 g/mol. The highest BCUT2D eigenvalue weighted by molar-refractivity contribution is 5.92. The number of anilines is 1. The van der Waals surface area contributed by atoms with Gasteiger partial charge in [-0.1, -0.05) is 19.1 Å². The minimum Gasteiger partial charge on any atom is -0.339 e. The summed E-state index contributed by atoms with van der Waals surface area (Å²) in [4.78, 5) is 24.9. The van der Waals surface area contributed by atoms with Gasteiger partial charge in [0.05, 0.1) is 0 Å². The van der Waals surface area contributed by atoms with E-state index in [9.17, 15) is 9.59 Å². The second-order valence-corrected chi connectivity index (χ2v) is 4.86. The Kier molecular flexibility index (Phi) is 6.18. The molecule has 1 atom stereocenters. The fourth-order valence-electron chi connectivity index (χ4n) is 1.79. The van der Waals surface area contributed by atoms with Crippen LogP contribution < -0.4 is 11.1 Å². The number of nitrogens with zero attached hydrogens (tertiary/aromatic N) is 1. The van der Waals surface area contributed by atoms with Gasteiger partial charge in [0.15, 0.2) is 0 Å². The van der Waals surface area contributed by atoms with E-state index in [-0.39, 0.29) is 17.7 Å². The first kappa shape index (κ1) is 16.2. The zero-order valence-electron chi connectivity index (χ0n) is 12.3. The molecule has 0 bridgehead atoms. The van der Waals surface area contributed by atoms with E-state index < -0.39 is 0 Å². The van der Waals surface area contributed by atoms with Crippen molar-refractivity contribution in [2.45, 2.75) is 27.3 Å². The average Bonchev–Trinajstić information content (AvgIpc) is 2.43. The molecule has 1 aromatic rings. The van der Waals surface area contributed by atoms with Crippen LogP contribution in [0.4, 0.5) is 5.69 Å². The van der Waals surface area contributed by atoms with Crippen molar-refractivity contribution in [3.8, 4) is 0 Å². The maximum atomic E-state index is 11.8. The molecule has 1 aromatic carbocycles. The van der Waals surface area contributed by atoms with E-state index in [4.69, 9.17) is 5.73 Å². The molecule has 1 rings (SSSR count). The Morgan fingerprint density at radius 2 is 2.10 bits per heavy atom. The number of hydrogen-bond acceptors (Lipinski definition) is 3. The third-order valence-electron chi connectivity index (χ3n) is 3.20. The summed E-state index contributed by atoms with van der Waals surface area (Å²) in [6.07, 6.45) is 0. The van der Waals surface area contributed by atoms with Crippen molar-refractivity contribution in [1.82, 2.24) is 4.90 Å². The number of nitrogens with one attached hydrogen (secondary N) is 1. The molecule has 2 amide bonds. The van der Waals surface area contributed by atoms with Gasteiger partial charge in [0.2, 0.25) is 11.8 Å². The van der Waals surface area contributed by atoms with Gasteiger partial charge in [-0.25, -0.2) is 0 Å². The van der Waals surface area contributed by atoms with Crippen molar-refractivity contribution in [3.63, 3.8) is 0 Å². The van der Waals surface area contributed by atoms with Crippen LogP contribution >= 0.6 is 0 Å². The number of benzene rings is 1. The largest absolute Gasteiger partial charge is 0.339 e. The zero-order valence-corrected chi connectivity index (χ0v) is 12.3. The number of carbonyl (C=O) groups excluding carboxylic acids is 2. The fraction of sp³-hybridized carbons (Fsp3) is 0.467. The van der Waals surface area contributed by atoms with Gasteiger partial charge in [0.25, 0.3) is 0 Å². The Hall–Kier alpha value is -1.88. The van der Waals surface area contributed by atoms with Crippen LogP contribution in [0.5, 0.6) is 0 Å². The molecule has 20 heavy (non-hydrogen) atoms. The molecule has 0 aliphatic carbocycles. The maximum Gasteiger partial charge on any atom is 0.228 e. The summed E-state index contributed by atoms with van der Waals surface area (Å²) in [7, 11) is 0. The van der Waals surface area contributed by atoms with E-state index in [0.717, 1.165) is 11.3 Å². The Morgan fingerprint density at radius 1 is 1.40 bits per heavy atom. The normalized spacial score (nSPS) is 11.8. The van der Waals surface area contributed by atoms with Crippen LogP contribution in [0.2, 0.25) is 0 Å². The fourth-order valence-corrected chi connectivity index (χ4v) is 1.79. The molecule has 0 saturated heterocycles. The lowest BCUT2D eigenvalue weighted by Crippen LogP contribution is -2.28. The Balaban J connectivity index is 2.75. The molecule has 5 heteroatoms. The van der Waals surface area contributed by atoms with Gasteiger partial charge in [0.1, 0.15) is 0 Å². The van der Waals surface area contributed by atoms with Crippen molar-refractivity contribution in [3.05, 3.63) is 29.8 Å². The molecule has 0 aliphatic rings. The highest BCUT2D eigenvalue weighted by atomic mass is 16.2. The summed E-state index contributed by atoms with van der Waals surface area (Å²) < 4.78 is 0. The van der Waals surface area contributed by atoms with Crippen LogP contribution in [0.1, 0.15) is 26.3 Å². The first-order valence-corrected chi connectivity index (χ1v) is 6.83. The van der Waals surface area contributed by atoms with Crippen molar-refractivity contribution >= 4 is 17.5 Å². The molecule has 0 heterocycles. The van der Waals surface area contributed by atoms with Crippen LogP contribution in [0.3, 0.4) is 0 Å². The minimum absolute atomic E-state index is 0.0405. The van der Waals surface area contributed by atoms with Crippen LogP contribution in [0.15, 0.2) is 24.3 Å². The molecule has 0 fully saturated rings. The number of amides is 2. The van der Waals surface area contributed by atoms with E-state index in [1.807, 2.05) is 31.2 Å². The summed E-state index contributed by atoms with van der Waals surface area (Å²) >= 11 is 0. The highest BCUT2D eigenvalue weighted by Crippen LogP contribution is 2.14. The van der Waals surface area contributed by atoms with E-state index in [1.54, 1.807) is 18.7 Å². The van der Waals surface area contributed by atoms with Gasteiger partial charge in [-0.2, -0.15) is 0 Å². The molecule has 0 radical (unpaired) electrons. The van der Waals surface area contributed by atoms with Gasteiger partial charge in [-0.15, -0.1) is 0 Å². The number of hydrogen-bond donors (Lipinski definition) is 2. The third kappa shape index (κ3) is 4.66. The predicted molar refractivity (Wildman–Crippen MR) is 80.1 cm³/mol. The third-order valence-corrected chi connectivity index (χ3v) is 3.20. The Labute approximate surface area is 120 Å². The van der Waals surface area contributed by atoms with Crippen LogP contribution in [0, 0.1) is 5.92 Å². The first-order chi connectivity index (χ1) is 9.47. The predicted octanol–water partition coefficient (Wildman–Crippen LogP) is 1.59. The number of rotatable bonds is 6. The highest BCUT2D eigenvalue weighted by Gasteiger charge is 2.11. The summed E-state index contributed by atoms with van der Waals surface area (Å²) in [5.41, 5.74) is 7.18. The maximum absolute atomic E-state index is 11.8. The lowest BCUT2D eigenvalue weighted by Gasteiger charge is -2.19. The zero-order chi connectivity index (χ0) is 15.1. The Bertz CT molecular complexity index is 474. The van der Waals surface area contributed by atoms with Gasteiger partial charge >= 0.3 is 0 Å². The van der Waals surface area contributed by atoms with Crippen molar-refractivity contribution in [2.24, 2.45) is 11.7 Å². The molecule has 110 valence electrons. The second kappa shape index (κ2) is 7.65. The van der Waals surface area contributed by atoms with Crippen LogP contribution in [-0.4, -0.2) is 29.8 Å². The molecule has 0 saturated carbocycles. The minimum atomic E-state index is -0.219. The van der Waals surface area contributed by atoms with Crippen LogP contribution in [0.25, 0.3) is 0 Å². The number of nitrogens with two attached hydrogens (primary N) is 1. The first-order valence-electron chi connectivity index (χ1n) is 6.83. The standard InChI is InChI=1S/C15H23N3O2/c1-4-18(12(3)19)10-13-6-5-7-14(8-13)17-15(20)11(2)9-16/h5-8,11H,4,9-10,16H2,1-3H3,(H,17,20). The summed E-state index contributed by atoms with van der Waals surface area (Å²) in [5.74, 6) is -0.273. The van der Waals surface area contributed by atoms with Gasteiger partial charge in [0, 0.05) is 38.2 Å². The SMILES string of the molecule is CCN(Cc1cccc(NC(=O)C(C)CN)c1)C(C)=O. The smallest absolute Gasteiger partial charge is 0.228 e. The van der Waals surface area contributed by atoms with Gasteiger partial charge in [-0.3, -0.25) is 9.59 Å². The molecule has 0 aliphatic heterocycles. The lowest BCUT2D eigenvalue weighted by atomic mass is 10.1.